The van der Waals surface area contributed by atoms with Crippen LogP contribution in [-0.4, -0.2) is 36.4 Å². The van der Waals surface area contributed by atoms with Gasteiger partial charge in [-0.2, -0.15) is 0 Å². The van der Waals surface area contributed by atoms with Gasteiger partial charge in [-0.1, -0.05) is 32.1 Å². The number of alkyl halides is 1. The van der Waals surface area contributed by atoms with E-state index in [1.54, 1.807) is 0 Å². The molecule has 0 radical (unpaired) electrons. The van der Waals surface area contributed by atoms with E-state index in [9.17, 15) is 13.2 Å². The van der Waals surface area contributed by atoms with Crippen LogP contribution >= 0.6 is 22.9 Å². The number of amides is 1. The lowest BCUT2D eigenvalue weighted by atomic mass is 9.90. The molecule has 1 atom stereocenters. The minimum Gasteiger partial charge on any atom is -0.301 e. The van der Waals surface area contributed by atoms with Gasteiger partial charge >= 0.3 is 0 Å². The highest BCUT2D eigenvalue weighted by atomic mass is 35.5. The van der Waals surface area contributed by atoms with Gasteiger partial charge in [0.15, 0.2) is 0 Å². The highest BCUT2D eigenvalue weighted by Crippen LogP contribution is 2.24. The molecule has 0 aliphatic rings. The number of sulfonamides is 1. The molecule has 1 aromatic rings. The van der Waals surface area contributed by atoms with Gasteiger partial charge in [-0.05, 0) is 11.8 Å². The second-order valence-electron chi connectivity index (χ2n) is 5.77. The lowest BCUT2D eigenvalue weighted by molar-refractivity contribution is -0.114. The van der Waals surface area contributed by atoms with Crippen LogP contribution in [0.2, 0.25) is 0 Å². The van der Waals surface area contributed by atoms with Gasteiger partial charge in [-0.3, -0.25) is 4.79 Å². The van der Waals surface area contributed by atoms with Crippen LogP contribution in [0.1, 0.15) is 34.1 Å². The first kappa shape index (κ1) is 18.3. The number of hydrogen-bond acceptors (Lipinski definition) is 6. The van der Waals surface area contributed by atoms with Gasteiger partial charge in [0, 0.05) is 18.8 Å². The molecule has 0 aliphatic carbocycles. The summed E-state index contributed by atoms with van der Waals surface area (Å²) in [6.45, 7) is 7.50. The number of anilines is 1. The number of aromatic nitrogens is 2. The summed E-state index contributed by atoms with van der Waals surface area (Å²) in [4.78, 5) is 10.9. The Labute approximate surface area is 133 Å². The van der Waals surface area contributed by atoms with Crippen molar-refractivity contribution in [2.45, 2.75) is 43.8 Å². The fraction of sp³-hybridized carbons (Fsp3) is 0.727. The van der Waals surface area contributed by atoms with Gasteiger partial charge in [-0.15, -0.1) is 21.8 Å². The number of carbonyl (C=O) groups is 1. The summed E-state index contributed by atoms with van der Waals surface area (Å²) >= 11 is 6.90. The van der Waals surface area contributed by atoms with Crippen molar-refractivity contribution < 1.29 is 13.2 Å². The SMILES string of the molecule is CC(=O)Nc1nnc(S(=O)(=O)NCC(Cl)CC(C)(C)C)s1. The molecule has 0 spiro atoms. The first-order chi connectivity index (χ1) is 9.49. The van der Waals surface area contributed by atoms with Crippen LogP contribution in [0, 0.1) is 5.41 Å². The second kappa shape index (κ2) is 6.99. The molecule has 1 unspecified atom stereocenters. The van der Waals surface area contributed by atoms with Crippen LogP contribution in [0.4, 0.5) is 5.13 Å². The average molecular weight is 355 g/mol. The van der Waals surface area contributed by atoms with Crippen molar-refractivity contribution in [3.63, 3.8) is 0 Å². The molecular weight excluding hydrogens is 336 g/mol. The maximum absolute atomic E-state index is 12.0. The minimum absolute atomic E-state index is 0.0131. The Hall–Kier alpha value is -0.770. The lowest BCUT2D eigenvalue weighted by Crippen LogP contribution is -2.31. The van der Waals surface area contributed by atoms with Crippen LogP contribution < -0.4 is 10.0 Å². The van der Waals surface area contributed by atoms with Crippen molar-refractivity contribution >= 4 is 44.0 Å². The van der Waals surface area contributed by atoms with Gasteiger partial charge in [0.2, 0.25) is 15.4 Å². The average Bonchev–Trinajstić information content (AvgIpc) is 2.72. The van der Waals surface area contributed by atoms with Crippen molar-refractivity contribution in [2.24, 2.45) is 5.41 Å². The Balaban J connectivity index is 2.65. The van der Waals surface area contributed by atoms with E-state index in [0.717, 1.165) is 11.3 Å². The molecule has 1 rings (SSSR count). The van der Waals surface area contributed by atoms with Gasteiger partial charge in [-0.25, -0.2) is 13.1 Å². The van der Waals surface area contributed by atoms with E-state index in [-0.39, 0.29) is 32.7 Å². The van der Waals surface area contributed by atoms with E-state index in [0.29, 0.717) is 6.42 Å². The van der Waals surface area contributed by atoms with Crippen molar-refractivity contribution in [2.75, 3.05) is 11.9 Å². The van der Waals surface area contributed by atoms with Crippen molar-refractivity contribution in [3.05, 3.63) is 0 Å². The van der Waals surface area contributed by atoms with E-state index >= 15 is 0 Å². The zero-order chi connectivity index (χ0) is 16.3. The molecule has 0 bridgehead atoms. The molecule has 0 aliphatic heterocycles. The zero-order valence-electron chi connectivity index (χ0n) is 12.3. The van der Waals surface area contributed by atoms with Gasteiger partial charge in [0.1, 0.15) is 0 Å². The summed E-state index contributed by atoms with van der Waals surface area (Å²) in [5.74, 6) is -0.339. The molecule has 21 heavy (non-hydrogen) atoms. The predicted molar refractivity (Wildman–Crippen MR) is 83.1 cm³/mol. The van der Waals surface area contributed by atoms with Crippen LogP contribution in [0.5, 0.6) is 0 Å². The van der Waals surface area contributed by atoms with E-state index < -0.39 is 10.0 Å². The van der Waals surface area contributed by atoms with E-state index in [1.807, 2.05) is 20.8 Å². The monoisotopic (exact) mass is 354 g/mol. The maximum Gasteiger partial charge on any atom is 0.269 e. The topological polar surface area (TPSA) is 101 Å². The molecule has 120 valence electrons. The molecule has 0 fully saturated rings. The Morgan fingerprint density at radius 1 is 1.38 bits per heavy atom. The summed E-state index contributed by atoms with van der Waals surface area (Å²) in [7, 11) is -3.77. The van der Waals surface area contributed by atoms with Gasteiger partial charge < -0.3 is 5.32 Å². The normalized spacial score (nSPS) is 14.0. The number of hydrogen-bond donors (Lipinski definition) is 2. The molecule has 0 aromatic carbocycles. The van der Waals surface area contributed by atoms with Crippen LogP contribution in [0.3, 0.4) is 0 Å². The summed E-state index contributed by atoms with van der Waals surface area (Å²) in [5, 5.41) is 9.35. The Morgan fingerprint density at radius 2 is 2.00 bits per heavy atom. The Bertz CT molecular complexity index is 595. The maximum atomic E-state index is 12.0. The second-order valence-corrected chi connectivity index (χ2v) is 9.30. The highest BCUT2D eigenvalue weighted by molar-refractivity contribution is 7.91. The van der Waals surface area contributed by atoms with E-state index in [2.05, 4.69) is 20.2 Å². The fourth-order valence-corrected chi connectivity index (χ4v) is 4.22. The van der Waals surface area contributed by atoms with Gasteiger partial charge in [0.05, 0.1) is 0 Å². The van der Waals surface area contributed by atoms with Crippen molar-refractivity contribution in [3.8, 4) is 0 Å². The zero-order valence-corrected chi connectivity index (χ0v) is 14.7. The number of nitrogens with zero attached hydrogens (tertiary/aromatic N) is 2. The number of carbonyl (C=O) groups excluding carboxylic acids is 1. The molecule has 2 N–H and O–H groups in total. The smallest absolute Gasteiger partial charge is 0.269 e. The molecule has 0 saturated heterocycles. The lowest BCUT2D eigenvalue weighted by Gasteiger charge is -2.21. The first-order valence-corrected chi connectivity index (χ1v) is 8.98. The van der Waals surface area contributed by atoms with Crippen LogP contribution in [0.15, 0.2) is 4.34 Å². The minimum atomic E-state index is -3.77. The quantitative estimate of drug-likeness (QED) is 0.599. The van der Waals surface area contributed by atoms with E-state index in [4.69, 9.17) is 11.6 Å². The molecule has 1 aromatic heterocycles. The summed E-state index contributed by atoms with van der Waals surface area (Å²) in [6, 6.07) is 0. The summed E-state index contributed by atoms with van der Waals surface area (Å²) in [6.07, 6.45) is 0.671. The highest BCUT2D eigenvalue weighted by Gasteiger charge is 2.23. The van der Waals surface area contributed by atoms with Crippen LogP contribution in [-0.2, 0) is 14.8 Å². The van der Waals surface area contributed by atoms with Crippen molar-refractivity contribution in [1.82, 2.24) is 14.9 Å². The van der Waals surface area contributed by atoms with Crippen LogP contribution in [0.25, 0.3) is 0 Å². The number of rotatable bonds is 6. The fourth-order valence-electron chi connectivity index (χ4n) is 1.52. The largest absolute Gasteiger partial charge is 0.301 e. The number of nitrogens with one attached hydrogen (secondary N) is 2. The summed E-state index contributed by atoms with van der Waals surface area (Å²) in [5.41, 5.74) is 0.0131. The van der Waals surface area contributed by atoms with Crippen molar-refractivity contribution in [1.29, 1.82) is 0 Å². The Kier molecular flexibility index (Phi) is 6.09. The third-order valence-corrected chi connectivity index (χ3v) is 5.19. The summed E-state index contributed by atoms with van der Waals surface area (Å²) < 4.78 is 26.3. The number of halogens is 1. The molecule has 10 heteroatoms. The molecule has 0 saturated carbocycles. The molecule has 7 nitrogen and oxygen atoms in total. The molecule has 1 amide bonds. The van der Waals surface area contributed by atoms with Gasteiger partial charge in [0.25, 0.3) is 10.0 Å². The molecular formula is C11H19ClN4O3S2. The first-order valence-electron chi connectivity index (χ1n) is 6.24. The molecule has 1 heterocycles. The van der Waals surface area contributed by atoms with E-state index in [1.165, 1.54) is 6.92 Å². The Morgan fingerprint density at radius 3 is 2.52 bits per heavy atom. The predicted octanol–water partition coefficient (Wildman–Crippen LogP) is 1.82. The third kappa shape index (κ3) is 6.68. The third-order valence-electron chi connectivity index (χ3n) is 2.25. The standard InChI is InChI=1S/C11H19ClN4O3S2/c1-7(17)14-9-15-16-10(20-9)21(18,19)13-6-8(12)5-11(2,3)4/h8,13H,5-6H2,1-4H3,(H,14,15,17).